The molecule has 0 radical (unpaired) electrons. The molecule has 1 aliphatic heterocycles. The summed E-state index contributed by atoms with van der Waals surface area (Å²) in [5, 5.41) is 0. The van der Waals surface area contributed by atoms with Crippen LogP contribution < -0.4 is 0 Å². The van der Waals surface area contributed by atoms with Gasteiger partial charge in [0.25, 0.3) is 5.91 Å². The van der Waals surface area contributed by atoms with Crippen LogP contribution in [0.15, 0.2) is 48.7 Å². The first-order valence-corrected chi connectivity index (χ1v) is 8.16. The molecule has 1 aromatic heterocycles. The zero-order chi connectivity index (χ0) is 17.1. The summed E-state index contributed by atoms with van der Waals surface area (Å²) in [6.07, 6.45) is 1.64. The smallest absolute Gasteiger partial charge is 0.272 e. The van der Waals surface area contributed by atoms with Gasteiger partial charge in [-0.3, -0.25) is 14.6 Å². The molecule has 0 unspecified atom stereocenters. The first-order valence-electron chi connectivity index (χ1n) is 8.16. The van der Waals surface area contributed by atoms with Crippen molar-refractivity contribution in [3.8, 4) is 11.1 Å². The molecule has 0 aliphatic carbocycles. The van der Waals surface area contributed by atoms with E-state index in [-0.39, 0.29) is 24.4 Å². The molecule has 1 fully saturated rings. The summed E-state index contributed by atoms with van der Waals surface area (Å²) in [5.41, 5.74) is 2.36. The van der Waals surface area contributed by atoms with Crippen LogP contribution in [0.4, 0.5) is 0 Å². The molecule has 0 bridgehead atoms. The fourth-order valence-corrected chi connectivity index (χ4v) is 2.93. The predicted octanol–water partition coefficient (Wildman–Crippen LogP) is 2.44. The molecule has 1 saturated heterocycles. The zero-order valence-corrected chi connectivity index (χ0v) is 14.0. The van der Waals surface area contributed by atoms with Gasteiger partial charge in [-0.15, -0.1) is 0 Å². The van der Waals surface area contributed by atoms with E-state index < -0.39 is 0 Å². The minimum Gasteiger partial charge on any atom is -0.337 e. The number of carbonyl (C=O) groups excluding carboxylic acids is 2. The molecule has 0 spiro atoms. The van der Waals surface area contributed by atoms with Crippen LogP contribution in [0.25, 0.3) is 11.1 Å². The predicted molar refractivity (Wildman–Crippen MR) is 92.4 cm³/mol. The summed E-state index contributed by atoms with van der Waals surface area (Å²) >= 11 is 0. The standard InChI is InChI=1S/C19H21N3O2/c1-14(2)22-11-10-21(13-18(22)23)19(24)17-12-16(8-9-20-17)15-6-4-3-5-7-15/h3-9,12,14H,10-11,13H2,1-2H3. The third-order valence-electron chi connectivity index (χ3n) is 4.25. The molecule has 0 saturated carbocycles. The molecular formula is C19H21N3O2. The average Bonchev–Trinajstić information content (AvgIpc) is 2.61. The summed E-state index contributed by atoms with van der Waals surface area (Å²) in [6.45, 7) is 5.20. The van der Waals surface area contributed by atoms with E-state index in [1.165, 1.54) is 0 Å². The second-order valence-corrected chi connectivity index (χ2v) is 6.20. The SMILES string of the molecule is CC(C)N1CCN(C(=O)c2cc(-c3ccccc3)ccn2)CC1=O. The number of aromatic nitrogens is 1. The van der Waals surface area contributed by atoms with Gasteiger partial charge in [-0.05, 0) is 37.1 Å². The van der Waals surface area contributed by atoms with Gasteiger partial charge in [-0.2, -0.15) is 0 Å². The van der Waals surface area contributed by atoms with Crippen LogP contribution in [0.1, 0.15) is 24.3 Å². The van der Waals surface area contributed by atoms with E-state index in [2.05, 4.69) is 4.98 Å². The van der Waals surface area contributed by atoms with Crippen LogP contribution in [0.3, 0.4) is 0 Å². The number of pyridine rings is 1. The van der Waals surface area contributed by atoms with Crippen LogP contribution in [-0.2, 0) is 4.79 Å². The van der Waals surface area contributed by atoms with Gasteiger partial charge in [0.15, 0.2) is 0 Å². The van der Waals surface area contributed by atoms with Gasteiger partial charge < -0.3 is 9.80 Å². The lowest BCUT2D eigenvalue weighted by Gasteiger charge is -2.36. The summed E-state index contributed by atoms with van der Waals surface area (Å²) < 4.78 is 0. The highest BCUT2D eigenvalue weighted by Crippen LogP contribution is 2.20. The molecule has 124 valence electrons. The Hall–Kier alpha value is -2.69. The van der Waals surface area contributed by atoms with Crippen molar-refractivity contribution in [3.05, 3.63) is 54.4 Å². The molecule has 2 amide bonds. The van der Waals surface area contributed by atoms with Gasteiger partial charge >= 0.3 is 0 Å². The van der Waals surface area contributed by atoms with Gasteiger partial charge in [0.05, 0.1) is 0 Å². The highest BCUT2D eigenvalue weighted by molar-refractivity contribution is 5.96. The molecular weight excluding hydrogens is 302 g/mol. The number of hydrogen-bond donors (Lipinski definition) is 0. The molecule has 3 rings (SSSR count). The number of carbonyl (C=O) groups is 2. The molecule has 5 nitrogen and oxygen atoms in total. The zero-order valence-electron chi connectivity index (χ0n) is 14.0. The van der Waals surface area contributed by atoms with E-state index in [1.807, 2.05) is 50.2 Å². The fourth-order valence-electron chi connectivity index (χ4n) is 2.93. The first kappa shape index (κ1) is 16.2. The summed E-state index contributed by atoms with van der Waals surface area (Å²) in [7, 11) is 0. The maximum atomic E-state index is 12.7. The number of amides is 2. The van der Waals surface area contributed by atoms with Crippen LogP contribution in [0.5, 0.6) is 0 Å². The fraction of sp³-hybridized carbons (Fsp3) is 0.316. The Kier molecular flexibility index (Phi) is 4.60. The van der Waals surface area contributed by atoms with E-state index in [0.29, 0.717) is 18.8 Å². The normalized spacial score (nSPS) is 15.0. The van der Waals surface area contributed by atoms with E-state index in [1.54, 1.807) is 22.1 Å². The van der Waals surface area contributed by atoms with Gasteiger partial charge in [0.2, 0.25) is 5.91 Å². The van der Waals surface area contributed by atoms with Crippen molar-refractivity contribution in [2.24, 2.45) is 0 Å². The Morgan fingerprint density at radius 2 is 1.83 bits per heavy atom. The number of benzene rings is 1. The van der Waals surface area contributed by atoms with Crippen molar-refractivity contribution >= 4 is 11.8 Å². The van der Waals surface area contributed by atoms with E-state index in [9.17, 15) is 9.59 Å². The lowest BCUT2D eigenvalue weighted by molar-refractivity contribution is -0.136. The molecule has 2 aromatic rings. The quantitative estimate of drug-likeness (QED) is 0.872. The average molecular weight is 323 g/mol. The topological polar surface area (TPSA) is 53.5 Å². The van der Waals surface area contributed by atoms with Crippen molar-refractivity contribution in [1.82, 2.24) is 14.8 Å². The first-order chi connectivity index (χ1) is 11.6. The molecule has 24 heavy (non-hydrogen) atoms. The molecule has 1 aromatic carbocycles. The minimum absolute atomic E-state index is 0.0104. The monoisotopic (exact) mass is 323 g/mol. The highest BCUT2D eigenvalue weighted by Gasteiger charge is 2.29. The Balaban J connectivity index is 1.78. The van der Waals surface area contributed by atoms with Crippen molar-refractivity contribution in [2.75, 3.05) is 19.6 Å². The van der Waals surface area contributed by atoms with Crippen molar-refractivity contribution in [1.29, 1.82) is 0 Å². The maximum absolute atomic E-state index is 12.7. The number of hydrogen-bond acceptors (Lipinski definition) is 3. The molecule has 1 aliphatic rings. The largest absolute Gasteiger partial charge is 0.337 e. The van der Waals surface area contributed by atoms with Crippen LogP contribution >= 0.6 is 0 Å². The van der Waals surface area contributed by atoms with Crippen molar-refractivity contribution < 1.29 is 9.59 Å². The Morgan fingerprint density at radius 3 is 2.50 bits per heavy atom. The molecule has 0 N–H and O–H groups in total. The van der Waals surface area contributed by atoms with E-state index in [4.69, 9.17) is 0 Å². The molecule has 5 heteroatoms. The Bertz CT molecular complexity index is 743. The Morgan fingerprint density at radius 1 is 1.08 bits per heavy atom. The second-order valence-electron chi connectivity index (χ2n) is 6.20. The van der Waals surface area contributed by atoms with Crippen LogP contribution in [0.2, 0.25) is 0 Å². The minimum atomic E-state index is -0.190. The van der Waals surface area contributed by atoms with Gasteiger partial charge in [0.1, 0.15) is 12.2 Å². The van der Waals surface area contributed by atoms with Crippen LogP contribution in [0, 0.1) is 0 Å². The van der Waals surface area contributed by atoms with E-state index >= 15 is 0 Å². The number of nitrogens with zero attached hydrogens (tertiary/aromatic N) is 3. The van der Waals surface area contributed by atoms with Gasteiger partial charge in [-0.1, -0.05) is 30.3 Å². The third-order valence-corrected chi connectivity index (χ3v) is 4.25. The van der Waals surface area contributed by atoms with E-state index in [0.717, 1.165) is 11.1 Å². The van der Waals surface area contributed by atoms with Crippen molar-refractivity contribution in [2.45, 2.75) is 19.9 Å². The van der Waals surface area contributed by atoms with Gasteiger partial charge in [0, 0.05) is 25.3 Å². The molecule has 2 heterocycles. The maximum Gasteiger partial charge on any atom is 0.272 e. The lowest BCUT2D eigenvalue weighted by Crippen LogP contribution is -2.54. The summed E-state index contributed by atoms with van der Waals surface area (Å²) in [4.78, 5) is 32.5. The summed E-state index contributed by atoms with van der Waals surface area (Å²) in [6, 6.07) is 13.7. The number of piperazine rings is 1. The lowest BCUT2D eigenvalue weighted by atomic mass is 10.1. The van der Waals surface area contributed by atoms with Gasteiger partial charge in [-0.25, -0.2) is 0 Å². The van der Waals surface area contributed by atoms with Crippen LogP contribution in [-0.4, -0.2) is 52.3 Å². The highest BCUT2D eigenvalue weighted by atomic mass is 16.2. The third kappa shape index (κ3) is 3.30. The Labute approximate surface area is 141 Å². The van der Waals surface area contributed by atoms with Crippen molar-refractivity contribution in [3.63, 3.8) is 0 Å². The number of rotatable bonds is 3. The molecule has 0 atom stereocenters. The second kappa shape index (κ2) is 6.83. The summed E-state index contributed by atoms with van der Waals surface area (Å²) in [5.74, 6) is -0.201.